The third-order valence-corrected chi connectivity index (χ3v) is 5.37. The monoisotopic (exact) mass is 251 g/mol. The Hall–Kier alpha value is -0.340. The highest BCUT2D eigenvalue weighted by Crippen LogP contribution is 2.38. The van der Waals surface area contributed by atoms with Crippen LogP contribution in [0.15, 0.2) is 11.4 Å². The fraction of sp³-hybridized carbons (Fsp3) is 0.733. The average molecular weight is 251 g/mol. The Labute approximate surface area is 109 Å². The fourth-order valence-corrected chi connectivity index (χ4v) is 4.13. The second-order valence-corrected chi connectivity index (χ2v) is 6.38. The molecule has 96 valence electrons. The standard InChI is InChI=1S/C15H25NS/c1-3-11(4-2)10-14(16)12-6-5-7-15-13(12)8-9-17-15/h8-9,11-12,14H,3-7,10,16H2,1-2H3. The Morgan fingerprint density at radius 3 is 2.88 bits per heavy atom. The fourth-order valence-electron chi connectivity index (χ4n) is 3.14. The van der Waals surface area contributed by atoms with E-state index in [0.717, 1.165) is 5.92 Å². The van der Waals surface area contributed by atoms with Gasteiger partial charge in [0.15, 0.2) is 0 Å². The molecular weight excluding hydrogens is 226 g/mol. The van der Waals surface area contributed by atoms with Crippen molar-refractivity contribution in [3.05, 3.63) is 21.9 Å². The summed E-state index contributed by atoms with van der Waals surface area (Å²) in [6, 6.07) is 2.69. The van der Waals surface area contributed by atoms with Crippen LogP contribution in [0.2, 0.25) is 0 Å². The summed E-state index contributed by atoms with van der Waals surface area (Å²) in [6.45, 7) is 4.58. The van der Waals surface area contributed by atoms with Gasteiger partial charge in [0.1, 0.15) is 0 Å². The molecule has 0 amide bonds. The molecule has 2 rings (SSSR count). The van der Waals surface area contributed by atoms with E-state index in [1.54, 1.807) is 10.4 Å². The molecule has 2 N–H and O–H groups in total. The number of nitrogens with two attached hydrogens (primary N) is 1. The largest absolute Gasteiger partial charge is 0.327 e. The van der Waals surface area contributed by atoms with Gasteiger partial charge in [-0.05, 0) is 48.6 Å². The van der Waals surface area contributed by atoms with Crippen LogP contribution in [0.1, 0.15) is 62.3 Å². The van der Waals surface area contributed by atoms with Crippen molar-refractivity contribution < 1.29 is 0 Å². The van der Waals surface area contributed by atoms with Gasteiger partial charge in [-0.1, -0.05) is 26.7 Å². The maximum absolute atomic E-state index is 6.48. The van der Waals surface area contributed by atoms with E-state index < -0.39 is 0 Å². The second-order valence-electron chi connectivity index (χ2n) is 5.38. The lowest BCUT2D eigenvalue weighted by molar-refractivity contribution is 0.356. The van der Waals surface area contributed by atoms with Crippen LogP contribution < -0.4 is 5.73 Å². The lowest BCUT2D eigenvalue weighted by Gasteiger charge is -2.30. The van der Waals surface area contributed by atoms with Crippen molar-refractivity contribution in [2.75, 3.05) is 0 Å². The highest BCUT2D eigenvalue weighted by atomic mass is 32.1. The van der Waals surface area contributed by atoms with Crippen LogP contribution in [0.25, 0.3) is 0 Å². The molecular formula is C15H25NS. The first-order valence-corrected chi connectivity index (χ1v) is 7.96. The SMILES string of the molecule is CCC(CC)CC(N)C1CCCc2sccc21. The van der Waals surface area contributed by atoms with E-state index >= 15 is 0 Å². The van der Waals surface area contributed by atoms with Gasteiger partial charge < -0.3 is 5.73 Å². The van der Waals surface area contributed by atoms with E-state index in [4.69, 9.17) is 5.73 Å². The molecule has 1 nitrogen and oxygen atoms in total. The first-order valence-electron chi connectivity index (χ1n) is 7.08. The third-order valence-electron chi connectivity index (χ3n) is 4.38. The Bertz CT molecular complexity index is 340. The minimum Gasteiger partial charge on any atom is -0.327 e. The van der Waals surface area contributed by atoms with Gasteiger partial charge in [0.2, 0.25) is 0 Å². The zero-order valence-corrected chi connectivity index (χ0v) is 11.9. The summed E-state index contributed by atoms with van der Waals surface area (Å²) in [5.74, 6) is 1.44. The van der Waals surface area contributed by atoms with Crippen molar-refractivity contribution in [2.24, 2.45) is 11.7 Å². The van der Waals surface area contributed by atoms with Crippen LogP contribution in [-0.2, 0) is 6.42 Å². The minimum absolute atomic E-state index is 0.369. The zero-order valence-electron chi connectivity index (χ0n) is 11.1. The number of hydrogen-bond donors (Lipinski definition) is 1. The molecule has 0 spiro atoms. The Kier molecular flexibility index (Phi) is 4.63. The Morgan fingerprint density at radius 1 is 1.41 bits per heavy atom. The third kappa shape index (κ3) is 2.92. The van der Waals surface area contributed by atoms with E-state index in [1.807, 2.05) is 11.3 Å². The number of fused-ring (bicyclic) bond motifs is 1. The lowest BCUT2D eigenvalue weighted by atomic mass is 9.79. The molecule has 0 radical (unpaired) electrons. The number of thiophene rings is 1. The molecule has 0 bridgehead atoms. The molecule has 0 fully saturated rings. The quantitative estimate of drug-likeness (QED) is 0.828. The van der Waals surface area contributed by atoms with Crippen molar-refractivity contribution in [3.63, 3.8) is 0 Å². The summed E-state index contributed by atoms with van der Waals surface area (Å²) < 4.78 is 0. The van der Waals surface area contributed by atoms with E-state index in [-0.39, 0.29) is 0 Å². The molecule has 1 heterocycles. The highest BCUT2D eigenvalue weighted by Gasteiger charge is 2.27. The van der Waals surface area contributed by atoms with E-state index in [1.165, 1.54) is 38.5 Å². The molecule has 17 heavy (non-hydrogen) atoms. The molecule has 0 saturated carbocycles. The topological polar surface area (TPSA) is 26.0 Å². The van der Waals surface area contributed by atoms with Gasteiger partial charge in [0.05, 0.1) is 0 Å². The molecule has 0 saturated heterocycles. The second kappa shape index (κ2) is 6.01. The van der Waals surface area contributed by atoms with Crippen LogP contribution in [0.4, 0.5) is 0 Å². The summed E-state index contributed by atoms with van der Waals surface area (Å²) in [5, 5.41) is 2.24. The van der Waals surface area contributed by atoms with E-state index in [9.17, 15) is 0 Å². The van der Waals surface area contributed by atoms with Gasteiger partial charge in [0, 0.05) is 16.8 Å². The van der Waals surface area contributed by atoms with Crippen molar-refractivity contribution in [3.8, 4) is 0 Å². The van der Waals surface area contributed by atoms with Crippen LogP contribution in [-0.4, -0.2) is 6.04 Å². The maximum Gasteiger partial charge on any atom is 0.0111 e. The Balaban J connectivity index is 2.04. The van der Waals surface area contributed by atoms with Crippen molar-refractivity contribution >= 4 is 11.3 Å². The van der Waals surface area contributed by atoms with Crippen LogP contribution >= 0.6 is 11.3 Å². The summed E-state index contributed by atoms with van der Waals surface area (Å²) >= 11 is 1.92. The lowest BCUT2D eigenvalue weighted by Crippen LogP contribution is -2.32. The summed E-state index contributed by atoms with van der Waals surface area (Å²) in [5.41, 5.74) is 8.05. The predicted molar refractivity (Wildman–Crippen MR) is 76.7 cm³/mol. The van der Waals surface area contributed by atoms with Gasteiger partial charge in [-0.25, -0.2) is 0 Å². The van der Waals surface area contributed by atoms with Gasteiger partial charge in [-0.3, -0.25) is 0 Å². The predicted octanol–water partition coefficient (Wildman–Crippen LogP) is 4.32. The Morgan fingerprint density at radius 2 is 2.18 bits per heavy atom. The van der Waals surface area contributed by atoms with Gasteiger partial charge in [-0.15, -0.1) is 11.3 Å². The first kappa shape index (κ1) is 13.1. The van der Waals surface area contributed by atoms with Gasteiger partial charge in [-0.2, -0.15) is 0 Å². The summed E-state index contributed by atoms with van der Waals surface area (Å²) in [4.78, 5) is 1.60. The smallest absolute Gasteiger partial charge is 0.0111 e. The molecule has 1 aliphatic rings. The van der Waals surface area contributed by atoms with E-state index in [2.05, 4.69) is 25.3 Å². The number of hydrogen-bond acceptors (Lipinski definition) is 2. The number of rotatable bonds is 5. The van der Waals surface area contributed by atoms with Crippen molar-refractivity contribution in [1.82, 2.24) is 0 Å². The summed E-state index contributed by atoms with van der Waals surface area (Å²) in [6.07, 6.45) is 7.65. The highest BCUT2D eigenvalue weighted by molar-refractivity contribution is 7.10. The van der Waals surface area contributed by atoms with Crippen molar-refractivity contribution in [2.45, 2.75) is 64.3 Å². The average Bonchev–Trinajstić information content (AvgIpc) is 2.83. The van der Waals surface area contributed by atoms with Gasteiger partial charge in [0.25, 0.3) is 0 Å². The molecule has 0 aromatic carbocycles. The van der Waals surface area contributed by atoms with Crippen molar-refractivity contribution in [1.29, 1.82) is 0 Å². The normalized spacial score (nSPS) is 21.5. The molecule has 0 aliphatic heterocycles. The molecule has 2 unspecified atom stereocenters. The first-order chi connectivity index (χ1) is 8.26. The van der Waals surface area contributed by atoms with Crippen LogP contribution in [0.5, 0.6) is 0 Å². The zero-order chi connectivity index (χ0) is 12.3. The molecule has 1 aromatic rings. The summed E-state index contributed by atoms with van der Waals surface area (Å²) in [7, 11) is 0. The molecule has 1 aliphatic carbocycles. The van der Waals surface area contributed by atoms with Gasteiger partial charge >= 0.3 is 0 Å². The van der Waals surface area contributed by atoms with Crippen LogP contribution in [0, 0.1) is 5.92 Å². The maximum atomic E-state index is 6.48. The molecule has 2 heteroatoms. The minimum atomic E-state index is 0.369. The van der Waals surface area contributed by atoms with Crippen LogP contribution in [0.3, 0.4) is 0 Å². The number of aryl methyl sites for hydroxylation is 1. The molecule has 1 aromatic heterocycles. The molecule has 2 atom stereocenters. The van der Waals surface area contributed by atoms with E-state index in [0.29, 0.717) is 12.0 Å².